The van der Waals surface area contributed by atoms with Crippen LogP contribution in [-0.2, 0) is 14.9 Å². The van der Waals surface area contributed by atoms with Crippen LogP contribution in [0.2, 0.25) is 0 Å². The van der Waals surface area contributed by atoms with Crippen molar-refractivity contribution < 1.29 is 17.8 Å². The number of anilines is 1. The standard InChI is InChI=1S/C16H14N4O4S.C6H13N/c1-11-15(18-17-12-5-3-2-4-6-12)16(21)20(19-11)13-7-9-14(10-8-13)25(22,23)24;7-6-4-2-1-3-5-6/h2-10,15H,1H3,(H,22,23,24);6H,1-5,7H2. The molecule has 2 aliphatic rings. The van der Waals surface area contributed by atoms with E-state index >= 15 is 0 Å². The number of carbonyl (C=O) groups excluding carboxylic acids is 1. The monoisotopic (exact) mass is 457 g/mol. The maximum Gasteiger partial charge on any atom is 0.294 e. The third-order valence-corrected chi connectivity index (χ3v) is 6.04. The van der Waals surface area contributed by atoms with Crippen molar-refractivity contribution in [3.8, 4) is 0 Å². The number of azo groups is 1. The molecule has 3 N–H and O–H groups in total. The number of nitrogens with two attached hydrogens (primary N) is 1. The topological polar surface area (TPSA) is 138 Å². The van der Waals surface area contributed by atoms with E-state index in [1.54, 1.807) is 19.1 Å². The molecule has 2 aromatic rings. The first kappa shape index (κ1) is 23.7. The van der Waals surface area contributed by atoms with Gasteiger partial charge in [0.05, 0.1) is 22.0 Å². The minimum atomic E-state index is -4.29. The third-order valence-electron chi connectivity index (χ3n) is 5.17. The lowest BCUT2D eigenvalue weighted by Crippen LogP contribution is -2.29. The molecule has 170 valence electrons. The molecule has 1 heterocycles. The van der Waals surface area contributed by atoms with E-state index < -0.39 is 22.1 Å². The third kappa shape index (κ3) is 6.28. The Morgan fingerprint density at radius 3 is 2.19 bits per heavy atom. The summed E-state index contributed by atoms with van der Waals surface area (Å²) in [6.45, 7) is 1.67. The first-order valence-electron chi connectivity index (χ1n) is 10.4. The van der Waals surface area contributed by atoms with Gasteiger partial charge in [0.2, 0.25) is 0 Å². The van der Waals surface area contributed by atoms with Gasteiger partial charge in [-0.1, -0.05) is 37.5 Å². The summed E-state index contributed by atoms with van der Waals surface area (Å²) in [6.07, 6.45) is 6.66. The average molecular weight is 458 g/mol. The highest BCUT2D eigenvalue weighted by molar-refractivity contribution is 7.85. The van der Waals surface area contributed by atoms with Crippen LogP contribution < -0.4 is 10.7 Å². The van der Waals surface area contributed by atoms with Crippen molar-refractivity contribution in [2.45, 2.75) is 56.0 Å². The second-order valence-electron chi connectivity index (χ2n) is 7.71. The summed E-state index contributed by atoms with van der Waals surface area (Å²) in [5, 5.41) is 13.4. The number of rotatable bonds is 4. The van der Waals surface area contributed by atoms with E-state index in [4.69, 9.17) is 10.3 Å². The second kappa shape index (κ2) is 10.6. The predicted molar refractivity (Wildman–Crippen MR) is 123 cm³/mol. The molecule has 4 rings (SSSR count). The zero-order chi connectivity index (χ0) is 23.1. The molecule has 1 unspecified atom stereocenters. The molecule has 0 saturated heterocycles. The first-order chi connectivity index (χ1) is 15.3. The molecule has 1 saturated carbocycles. The summed E-state index contributed by atoms with van der Waals surface area (Å²) in [6, 6.07) is 13.9. The summed E-state index contributed by atoms with van der Waals surface area (Å²) in [5.41, 5.74) is 7.10. The van der Waals surface area contributed by atoms with Gasteiger partial charge in [-0.2, -0.15) is 28.8 Å². The number of hydrogen-bond acceptors (Lipinski definition) is 7. The molecule has 9 nitrogen and oxygen atoms in total. The quantitative estimate of drug-likeness (QED) is 0.526. The van der Waals surface area contributed by atoms with E-state index in [0.29, 0.717) is 23.1 Å². The molecule has 1 fully saturated rings. The summed E-state index contributed by atoms with van der Waals surface area (Å²) < 4.78 is 31.1. The highest BCUT2D eigenvalue weighted by atomic mass is 32.2. The van der Waals surface area contributed by atoms with E-state index in [9.17, 15) is 13.2 Å². The Morgan fingerprint density at radius 2 is 1.66 bits per heavy atom. The Morgan fingerprint density at radius 1 is 1.03 bits per heavy atom. The molecule has 32 heavy (non-hydrogen) atoms. The number of benzene rings is 2. The van der Waals surface area contributed by atoms with Gasteiger partial charge in [0, 0.05) is 6.04 Å². The summed E-state index contributed by atoms with van der Waals surface area (Å²) in [4.78, 5) is 12.2. The Bertz CT molecular complexity index is 1080. The molecule has 10 heteroatoms. The lowest BCUT2D eigenvalue weighted by molar-refractivity contribution is -0.117. The Balaban J connectivity index is 0.000000352. The lowest BCUT2D eigenvalue weighted by atomic mass is 9.97. The van der Waals surface area contributed by atoms with Crippen LogP contribution in [-0.4, -0.2) is 36.7 Å². The number of amides is 1. The first-order valence-corrected chi connectivity index (χ1v) is 11.9. The molecule has 1 atom stereocenters. The molecule has 0 radical (unpaired) electrons. The zero-order valence-electron chi connectivity index (χ0n) is 17.8. The number of carbonyl (C=O) groups is 1. The van der Waals surface area contributed by atoms with E-state index in [0.717, 1.165) is 5.01 Å². The number of hydrogen-bond donors (Lipinski definition) is 2. The van der Waals surface area contributed by atoms with Gasteiger partial charge in [0.25, 0.3) is 16.0 Å². The van der Waals surface area contributed by atoms with Gasteiger partial charge >= 0.3 is 0 Å². The van der Waals surface area contributed by atoms with Crippen LogP contribution in [0.4, 0.5) is 11.4 Å². The predicted octanol–water partition coefficient (Wildman–Crippen LogP) is 4.09. The van der Waals surface area contributed by atoms with Gasteiger partial charge < -0.3 is 5.73 Å². The smallest absolute Gasteiger partial charge is 0.294 e. The van der Waals surface area contributed by atoms with Gasteiger partial charge in [0.1, 0.15) is 0 Å². The van der Waals surface area contributed by atoms with Crippen LogP contribution in [0.5, 0.6) is 0 Å². The molecule has 0 spiro atoms. The van der Waals surface area contributed by atoms with Crippen LogP contribution in [0.3, 0.4) is 0 Å². The molecule has 0 aromatic heterocycles. The summed E-state index contributed by atoms with van der Waals surface area (Å²) >= 11 is 0. The van der Waals surface area contributed by atoms with Crippen molar-refractivity contribution in [3.05, 3.63) is 54.6 Å². The minimum Gasteiger partial charge on any atom is -0.328 e. The Hall–Kier alpha value is -2.95. The van der Waals surface area contributed by atoms with Crippen LogP contribution in [0.15, 0.2) is 74.8 Å². The minimum absolute atomic E-state index is 0.260. The van der Waals surface area contributed by atoms with Crippen LogP contribution in [0.25, 0.3) is 0 Å². The van der Waals surface area contributed by atoms with E-state index in [1.807, 2.05) is 18.2 Å². The SMILES string of the molecule is CC1=NN(c2ccc(S(=O)(=O)O)cc2)C(=O)C1N=Nc1ccccc1.NC1CCCCC1. The average Bonchev–Trinajstić information content (AvgIpc) is 3.07. The van der Waals surface area contributed by atoms with Crippen molar-refractivity contribution in [2.75, 3.05) is 5.01 Å². The van der Waals surface area contributed by atoms with E-state index in [1.165, 1.54) is 56.4 Å². The normalized spacial score (nSPS) is 19.6. The van der Waals surface area contributed by atoms with Gasteiger partial charge in [-0.25, -0.2) is 0 Å². The van der Waals surface area contributed by atoms with Crippen molar-refractivity contribution in [3.63, 3.8) is 0 Å². The van der Waals surface area contributed by atoms with E-state index in [2.05, 4.69) is 15.3 Å². The van der Waals surface area contributed by atoms with Crippen LogP contribution >= 0.6 is 0 Å². The number of hydrazone groups is 1. The maximum atomic E-state index is 12.5. The fourth-order valence-electron chi connectivity index (χ4n) is 3.39. The zero-order valence-corrected chi connectivity index (χ0v) is 18.6. The van der Waals surface area contributed by atoms with Crippen LogP contribution in [0, 0.1) is 0 Å². The van der Waals surface area contributed by atoms with Crippen molar-refractivity contribution in [2.24, 2.45) is 21.1 Å². The molecule has 2 aromatic carbocycles. The van der Waals surface area contributed by atoms with Gasteiger partial charge in [0.15, 0.2) is 6.04 Å². The van der Waals surface area contributed by atoms with Crippen molar-refractivity contribution >= 4 is 33.1 Å². The molecule has 1 aliphatic heterocycles. The van der Waals surface area contributed by atoms with Gasteiger partial charge in [-0.05, 0) is 56.2 Å². The van der Waals surface area contributed by atoms with E-state index in [-0.39, 0.29) is 4.90 Å². The Labute approximate surface area is 187 Å². The number of nitrogens with zero attached hydrogens (tertiary/aromatic N) is 4. The second-order valence-corrected chi connectivity index (χ2v) is 9.13. The van der Waals surface area contributed by atoms with Crippen LogP contribution in [0.1, 0.15) is 39.0 Å². The maximum absolute atomic E-state index is 12.5. The van der Waals surface area contributed by atoms with Gasteiger partial charge in [-0.3, -0.25) is 9.35 Å². The molecule has 0 bridgehead atoms. The summed E-state index contributed by atoms with van der Waals surface area (Å²) in [5.74, 6) is -0.392. The largest absolute Gasteiger partial charge is 0.328 e. The fraction of sp³-hybridized carbons (Fsp3) is 0.364. The molecular weight excluding hydrogens is 430 g/mol. The molecule has 1 amide bonds. The molecular formula is C22H27N5O4S. The lowest BCUT2D eigenvalue weighted by Gasteiger charge is -2.15. The highest BCUT2D eigenvalue weighted by Gasteiger charge is 2.34. The molecule has 1 aliphatic carbocycles. The van der Waals surface area contributed by atoms with Gasteiger partial charge in [-0.15, -0.1) is 0 Å². The Kier molecular flexibility index (Phi) is 7.84. The highest BCUT2D eigenvalue weighted by Crippen LogP contribution is 2.24. The van der Waals surface area contributed by atoms with Crippen molar-refractivity contribution in [1.29, 1.82) is 0 Å². The fourth-order valence-corrected chi connectivity index (χ4v) is 3.87. The summed E-state index contributed by atoms with van der Waals surface area (Å²) in [7, 11) is -4.29. The van der Waals surface area contributed by atoms with Crippen molar-refractivity contribution in [1.82, 2.24) is 0 Å².